The molecule has 2 aliphatic rings. The third kappa shape index (κ3) is 7.22. The summed E-state index contributed by atoms with van der Waals surface area (Å²) in [5.41, 5.74) is 1.31. The maximum Gasteiger partial charge on any atom is 0.251 e. The Labute approximate surface area is 209 Å². The molecule has 6 nitrogen and oxygen atoms in total. The van der Waals surface area contributed by atoms with Crippen molar-refractivity contribution < 1.29 is 14.3 Å². The summed E-state index contributed by atoms with van der Waals surface area (Å²) in [6.07, 6.45) is 7.90. The van der Waals surface area contributed by atoms with Gasteiger partial charge in [-0.2, -0.15) is 5.26 Å². The minimum Gasteiger partial charge on any atom is -0.494 e. The van der Waals surface area contributed by atoms with Gasteiger partial charge in [0.15, 0.2) is 0 Å². The van der Waals surface area contributed by atoms with Gasteiger partial charge in [-0.05, 0) is 101 Å². The van der Waals surface area contributed by atoms with Crippen molar-refractivity contribution >= 4 is 5.91 Å². The molecule has 0 radical (unpaired) electrons. The number of carbonyl (C=O) groups is 1. The van der Waals surface area contributed by atoms with Crippen molar-refractivity contribution in [2.75, 3.05) is 26.2 Å². The average molecular weight is 476 g/mol. The molecule has 2 fully saturated rings. The molecule has 186 valence electrons. The Bertz CT molecular complexity index is 985. The van der Waals surface area contributed by atoms with Crippen molar-refractivity contribution in [3.63, 3.8) is 0 Å². The summed E-state index contributed by atoms with van der Waals surface area (Å²) < 4.78 is 11.6. The van der Waals surface area contributed by atoms with Gasteiger partial charge in [-0.15, -0.1) is 0 Å². The molecule has 0 bridgehead atoms. The number of ether oxygens (including phenoxy) is 2. The Morgan fingerprint density at radius 2 is 1.74 bits per heavy atom. The molecular formula is C29H37N3O3. The Kier molecular flexibility index (Phi) is 9.02. The van der Waals surface area contributed by atoms with Crippen molar-refractivity contribution in [2.24, 2.45) is 5.92 Å². The molecule has 2 aromatic rings. The summed E-state index contributed by atoms with van der Waals surface area (Å²) in [7, 11) is 0. The van der Waals surface area contributed by atoms with Gasteiger partial charge in [-0.1, -0.05) is 12.1 Å². The van der Waals surface area contributed by atoms with Crippen LogP contribution in [0, 0.1) is 17.2 Å². The number of amides is 1. The number of hydrogen-bond acceptors (Lipinski definition) is 5. The first-order valence-electron chi connectivity index (χ1n) is 13.1. The van der Waals surface area contributed by atoms with E-state index < -0.39 is 0 Å². The third-order valence-corrected chi connectivity index (χ3v) is 7.30. The first kappa shape index (κ1) is 25.1. The molecule has 0 spiro atoms. The number of nitrogens with one attached hydrogen (secondary N) is 1. The monoisotopic (exact) mass is 475 g/mol. The summed E-state index contributed by atoms with van der Waals surface area (Å²) >= 11 is 0. The minimum atomic E-state index is 0.0129. The first-order chi connectivity index (χ1) is 17.1. The molecule has 1 amide bonds. The minimum absolute atomic E-state index is 0.0129. The molecule has 6 heteroatoms. The van der Waals surface area contributed by atoms with E-state index in [1.54, 1.807) is 0 Å². The van der Waals surface area contributed by atoms with Crippen LogP contribution in [0.25, 0.3) is 0 Å². The highest BCUT2D eigenvalue weighted by Gasteiger charge is 2.25. The molecule has 1 N–H and O–H groups in total. The van der Waals surface area contributed by atoms with Gasteiger partial charge >= 0.3 is 0 Å². The summed E-state index contributed by atoms with van der Waals surface area (Å²) in [5, 5.41) is 12.5. The Morgan fingerprint density at radius 1 is 1.03 bits per heavy atom. The van der Waals surface area contributed by atoms with E-state index in [0.29, 0.717) is 23.5 Å². The lowest BCUT2D eigenvalue weighted by molar-refractivity contribution is 0.0897. The summed E-state index contributed by atoms with van der Waals surface area (Å²) in [6, 6.07) is 17.4. The zero-order valence-electron chi connectivity index (χ0n) is 20.7. The average Bonchev–Trinajstić information content (AvgIpc) is 2.90. The molecule has 2 aromatic carbocycles. The molecule has 0 unspecified atom stereocenters. The van der Waals surface area contributed by atoms with E-state index in [4.69, 9.17) is 9.47 Å². The number of nitriles is 1. The van der Waals surface area contributed by atoms with Gasteiger partial charge in [0.1, 0.15) is 23.7 Å². The van der Waals surface area contributed by atoms with Gasteiger partial charge in [0, 0.05) is 24.7 Å². The number of benzene rings is 2. The fraction of sp³-hybridized carbons (Fsp3) is 0.517. The Balaban J connectivity index is 1.12. The van der Waals surface area contributed by atoms with Crippen molar-refractivity contribution in [1.29, 1.82) is 5.26 Å². The van der Waals surface area contributed by atoms with Crippen LogP contribution in [0.5, 0.6) is 11.5 Å². The largest absolute Gasteiger partial charge is 0.494 e. The van der Waals surface area contributed by atoms with Crippen molar-refractivity contribution in [3.05, 3.63) is 59.7 Å². The number of likely N-dealkylation sites (tertiary alicyclic amines) is 1. The van der Waals surface area contributed by atoms with Crippen LogP contribution in [0.15, 0.2) is 48.5 Å². The Hall–Kier alpha value is -3.04. The number of piperidine rings is 1. The smallest absolute Gasteiger partial charge is 0.251 e. The molecule has 0 atom stereocenters. The highest BCUT2D eigenvalue weighted by Crippen LogP contribution is 2.28. The van der Waals surface area contributed by atoms with Gasteiger partial charge in [-0.3, -0.25) is 4.79 Å². The maximum absolute atomic E-state index is 12.6. The predicted molar refractivity (Wildman–Crippen MR) is 137 cm³/mol. The first-order valence-corrected chi connectivity index (χ1v) is 13.1. The van der Waals surface area contributed by atoms with E-state index in [1.807, 2.05) is 55.5 Å². The number of nitrogens with zero attached hydrogens (tertiary/aromatic N) is 2. The second-order valence-electron chi connectivity index (χ2n) is 9.70. The normalized spacial score (nSPS) is 21.1. The molecule has 35 heavy (non-hydrogen) atoms. The molecular weight excluding hydrogens is 438 g/mol. The summed E-state index contributed by atoms with van der Waals surface area (Å²) in [4.78, 5) is 15.1. The Morgan fingerprint density at radius 3 is 2.43 bits per heavy atom. The summed E-state index contributed by atoms with van der Waals surface area (Å²) in [6.45, 7) is 5.81. The quantitative estimate of drug-likeness (QED) is 0.541. The van der Waals surface area contributed by atoms with Crippen LogP contribution in [0.2, 0.25) is 0 Å². The van der Waals surface area contributed by atoms with Crippen LogP contribution in [0.3, 0.4) is 0 Å². The van der Waals surface area contributed by atoms with Crippen LogP contribution in [-0.2, 0) is 0 Å². The SMILES string of the molecule is CCOc1ccc(C(=O)N[C@H]2CC[C@H](CCN3CCC(Oc4ccccc4C#N)CC3)CC2)cc1. The summed E-state index contributed by atoms with van der Waals surface area (Å²) in [5.74, 6) is 2.26. The van der Waals surface area contributed by atoms with Crippen LogP contribution in [0.4, 0.5) is 0 Å². The molecule has 1 aliphatic carbocycles. The highest BCUT2D eigenvalue weighted by atomic mass is 16.5. The van der Waals surface area contributed by atoms with Crippen LogP contribution < -0.4 is 14.8 Å². The van der Waals surface area contributed by atoms with E-state index in [-0.39, 0.29) is 18.1 Å². The van der Waals surface area contributed by atoms with Gasteiger partial charge in [-0.25, -0.2) is 0 Å². The van der Waals surface area contributed by atoms with E-state index in [2.05, 4.69) is 16.3 Å². The van der Waals surface area contributed by atoms with Crippen molar-refractivity contribution in [3.8, 4) is 17.6 Å². The molecule has 1 saturated heterocycles. The van der Waals surface area contributed by atoms with E-state index in [1.165, 1.54) is 19.3 Å². The number of rotatable bonds is 9. The molecule has 4 rings (SSSR count). The van der Waals surface area contributed by atoms with E-state index >= 15 is 0 Å². The molecule has 1 aliphatic heterocycles. The number of hydrogen-bond donors (Lipinski definition) is 1. The van der Waals surface area contributed by atoms with Crippen LogP contribution in [-0.4, -0.2) is 49.2 Å². The fourth-order valence-electron chi connectivity index (χ4n) is 5.19. The van der Waals surface area contributed by atoms with E-state index in [9.17, 15) is 10.1 Å². The van der Waals surface area contributed by atoms with Crippen molar-refractivity contribution in [1.82, 2.24) is 10.2 Å². The van der Waals surface area contributed by atoms with Gasteiger partial charge in [0.05, 0.1) is 12.2 Å². The lowest BCUT2D eigenvalue weighted by atomic mass is 9.84. The standard InChI is InChI=1S/C29H37N3O3/c1-2-34-26-13-9-23(10-14-26)29(33)31-25-11-7-22(8-12-25)15-18-32-19-16-27(17-20-32)35-28-6-4-3-5-24(28)21-30/h3-6,9-10,13-14,22,25,27H,2,7-8,11-12,15-20H2,1H3,(H,31,33)/t22-,25-. The third-order valence-electron chi connectivity index (χ3n) is 7.30. The zero-order valence-corrected chi connectivity index (χ0v) is 20.7. The van der Waals surface area contributed by atoms with Gasteiger partial charge in [0.2, 0.25) is 0 Å². The lowest BCUT2D eigenvalue weighted by Gasteiger charge is -2.34. The molecule has 1 saturated carbocycles. The topological polar surface area (TPSA) is 74.6 Å². The van der Waals surface area contributed by atoms with E-state index in [0.717, 1.165) is 57.0 Å². The lowest BCUT2D eigenvalue weighted by Crippen LogP contribution is -2.40. The van der Waals surface area contributed by atoms with Gasteiger partial charge in [0.25, 0.3) is 5.91 Å². The maximum atomic E-state index is 12.6. The molecule has 0 aromatic heterocycles. The zero-order chi connectivity index (χ0) is 24.5. The second kappa shape index (κ2) is 12.6. The van der Waals surface area contributed by atoms with Crippen LogP contribution in [0.1, 0.15) is 67.8 Å². The predicted octanol–water partition coefficient (Wildman–Crippen LogP) is 5.18. The van der Waals surface area contributed by atoms with Gasteiger partial charge < -0.3 is 19.7 Å². The van der Waals surface area contributed by atoms with Crippen molar-refractivity contribution in [2.45, 2.75) is 64.0 Å². The highest BCUT2D eigenvalue weighted by molar-refractivity contribution is 5.94. The number of carbonyl (C=O) groups excluding carboxylic acids is 1. The second-order valence-corrected chi connectivity index (χ2v) is 9.70. The van der Waals surface area contributed by atoms with Crippen LogP contribution >= 0.6 is 0 Å². The fourth-order valence-corrected chi connectivity index (χ4v) is 5.19. The number of para-hydroxylation sites is 1. The molecule has 1 heterocycles.